The number of aromatic nitrogens is 3. The second-order valence-electron chi connectivity index (χ2n) is 7.07. The average molecular weight is 432 g/mol. The van der Waals surface area contributed by atoms with Crippen molar-refractivity contribution in [3.8, 4) is 22.9 Å². The SMILES string of the molecule is CNc1nccc(-c2cccnc2Oc2ccc(C3(NC(N)=O)C=CC=CC3)cc2F)n1. The number of nitrogens with zero attached hydrogens (tertiary/aromatic N) is 3. The largest absolute Gasteiger partial charge is 0.435 e. The molecule has 1 aromatic carbocycles. The van der Waals surface area contributed by atoms with Crippen LogP contribution in [0, 0.1) is 5.82 Å². The molecule has 4 N–H and O–H groups in total. The van der Waals surface area contributed by atoms with Gasteiger partial charge in [0.25, 0.3) is 0 Å². The van der Waals surface area contributed by atoms with Gasteiger partial charge in [-0.1, -0.05) is 30.4 Å². The number of nitrogens with one attached hydrogen (secondary N) is 2. The Kier molecular flexibility index (Phi) is 5.80. The summed E-state index contributed by atoms with van der Waals surface area (Å²) in [6.07, 6.45) is 10.9. The van der Waals surface area contributed by atoms with Gasteiger partial charge in [0, 0.05) is 19.4 Å². The first kappa shape index (κ1) is 21.0. The quantitative estimate of drug-likeness (QED) is 0.544. The molecule has 32 heavy (non-hydrogen) atoms. The van der Waals surface area contributed by atoms with E-state index >= 15 is 4.39 Å². The summed E-state index contributed by atoms with van der Waals surface area (Å²) in [6, 6.07) is 9.04. The number of halogens is 1. The number of hydrogen-bond donors (Lipinski definition) is 3. The van der Waals surface area contributed by atoms with Crippen molar-refractivity contribution in [2.24, 2.45) is 5.73 Å². The van der Waals surface area contributed by atoms with E-state index in [1.54, 1.807) is 55.9 Å². The number of carbonyl (C=O) groups is 1. The van der Waals surface area contributed by atoms with Gasteiger partial charge in [-0.25, -0.2) is 24.1 Å². The molecule has 2 amide bonds. The second-order valence-corrected chi connectivity index (χ2v) is 7.07. The Balaban J connectivity index is 1.66. The molecule has 162 valence electrons. The number of rotatable bonds is 6. The molecule has 0 fully saturated rings. The summed E-state index contributed by atoms with van der Waals surface area (Å²) in [5, 5.41) is 5.59. The molecule has 9 heteroatoms. The smallest absolute Gasteiger partial charge is 0.313 e. The first-order valence-electron chi connectivity index (χ1n) is 9.87. The minimum absolute atomic E-state index is 0.0128. The van der Waals surface area contributed by atoms with Gasteiger partial charge < -0.3 is 21.1 Å². The van der Waals surface area contributed by atoms with Crippen molar-refractivity contribution in [1.29, 1.82) is 0 Å². The molecule has 2 heterocycles. The topological polar surface area (TPSA) is 115 Å². The highest BCUT2D eigenvalue weighted by Gasteiger charge is 2.31. The fourth-order valence-corrected chi connectivity index (χ4v) is 3.48. The van der Waals surface area contributed by atoms with Gasteiger partial charge in [-0.15, -0.1) is 0 Å². The number of anilines is 1. The Morgan fingerprint density at radius 2 is 2.06 bits per heavy atom. The van der Waals surface area contributed by atoms with Crippen LogP contribution in [0.25, 0.3) is 11.3 Å². The Labute approximate surface area is 184 Å². The van der Waals surface area contributed by atoms with Gasteiger partial charge in [-0.3, -0.25) is 0 Å². The van der Waals surface area contributed by atoms with Crippen LogP contribution in [0.2, 0.25) is 0 Å². The molecule has 1 atom stereocenters. The van der Waals surface area contributed by atoms with Crippen molar-refractivity contribution in [3.63, 3.8) is 0 Å². The molecule has 4 rings (SSSR count). The van der Waals surface area contributed by atoms with E-state index in [4.69, 9.17) is 10.5 Å². The number of urea groups is 1. The van der Waals surface area contributed by atoms with Crippen molar-refractivity contribution in [2.75, 3.05) is 12.4 Å². The van der Waals surface area contributed by atoms with Gasteiger partial charge in [-0.2, -0.15) is 0 Å². The molecule has 0 saturated heterocycles. The lowest BCUT2D eigenvalue weighted by atomic mass is 9.84. The molecule has 1 aliphatic rings. The highest BCUT2D eigenvalue weighted by atomic mass is 19.1. The Morgan fingerprint density at radius 1 is 1.19 bits per heavy atom. The molecule has 0 saturated carbocycles. The second kappa shape index (κ2) is 8.84. The number of pyridine rings is 1. The lowest BCUT2D eigenvalue weighted by Gasteiger charge is -2.32. The Hall–Kier alpha value is -4.27. The first-order chi connectivity index (χ1) is 15.5. The van der Waals surface area contributed by atoms with Crippen LogP contribution >= 0.6 is 0 Å². The average Bonchev–Trinajstić information content (AvgIpc) is 2.81. The summed E-state index contributed by atoms with van der Waals surface area (Å²) in [6.45, 7) is 0. The van der Waals surface area contributed by atoms with Crippen molar-refractivity contribution in [2.45, 2.75) is 12.0 Å². The standard InChI is InChI=1S/C23H21FN6O2/c1-26-22-28-13-9-18(29-22)16-6-5-12-27-20(16)32-19-8-7-15(14-17(19)24)23(30-21(25)31)10-3-2-4-11-23/h2-10,12-14H,11H2,1H3,(H3,25,30,31)(H,26,28,29). The summed E-state index contributed by atoms with van der Waals surface area (Å²) in [7, 11) is 1.72. The zero-order chi connectivity index (χ0) is 22.6. The molecule has 0 bridgehead atoms. The number of allylic oxidation sites excluding steroid dienone is 2. The molecule has 1 aliphatic carbocycles. The molecular weight excluding hydrogens is 411 g/mol. The van der Waals surface area contributed by atoms with Crippen LogP contribution in [0.4, 0.5) is 15.1 Å². The van der Waals surface area contributed by atoms with Crippen LogP contribution < -0.4 is 21.1 Å². The van der Waals surface area contributed by atoms with Gasteiger partial charge in [0.1, 0.15) is 0 Å². The van der Waals surface area contributed by atoms with Crippen LogP contribution in [0.5, 0.6) is 11.6 Å². The first-order valence-corrected chi connectivity index (χ1v) is 9.87. The van der Waals surface area contributed by atoms with Crippen molar-refractivity contribution < 1.29 is 13.9 Å². The zero-order valence-electron chi connectivity index (χ0n) is 17.2. The minimum atomic E-state index is -0.930. The number of benzene rings is 1. The van der Waals surface area contributed by atoms with E-state index in [2.05, 4.69) is 25.6 Å². The fourth-order valence-electron chi connectivity index (χ4n) is 3.48. The fraction of sp³-hybridized carbons (Fsp3) is 0.130. The predicted octanol–water partition coefficient (Wildman–Crippen LogP) is 3.89. The van der Waals surface area contributed by atoms with Crippen LogP contribution in [0.1, 0.15) is 12.0 Å². The summed E-state index contributed by atoms with van der Waals surface area (Å²) >= 11 is 0. The maximum atomic E-state index is 15.1. The van der Waals surface area contributed by atoms with Crippen molar-refractivity contribution in [3.05, 3.63) is 84.5 Å². The van der Waals surface area contributed by atoms with E-state index in [0.29, 0.717) is 29.2 Å². The predicted molar refractivity (Wildman–Crippen MR) is 119 cm³/mol. The van der Waals surface area contributed by atoms with Gasteiger partial charge in [0.15, 0.2) is 11.6 Å². The molecule has 3 aromatic rings. The van der Waals surface area contributed by atoms with Gasteiger partial charge in [0.2, 0.25) is 11.8 Å². The molecule has 0 radical (unpaired) electrons. The Morgan fingerprint density at radius 3 is 2.78 bits per heavy atom. The van der Waals surface area contributed by atoms with E-state index in [-0.39, 0.29) is 11.6 Å². The third-order valence-corrected chi connectivity index (χ3v) is 4.99. The number of hydrogen-bond acceptors (Lipinski definition) is 6. The Bertz CT molecular complexity index is 1210. The zero-order valence-corrected chi connectivity index (χ0v) is 17.2. The van der Waals surface area contributed by atoms with Crippen molar-refractivity contribution in [1.82, 2.24) is 20.3 Å². The van der Waals surface area contributed by atoms with Crippen LogP contribution in [-0.2, 0) is 5.54 Å². The van der Waals surface area contributed by atoms with Crippen LogP contribution in [-0.4, -0.2) is 28.0 Å². The number of ether oxygens (including phenoxy) is 1. The molecule has 8 nitrogen and oxygen atoms in total. The molecule has 0 spiro atoms. The number of carbonyl (C=O) groups excluding carboxylic acids is 1. The van der Waals surface area contributed by atoms with Crippen LogP contribution in [0.15, 0.2) is 73.1 Å². The summed E-state index contributed by atoms with van der Waals surface area (Å²) in [5.74, 6) is 0.0208. The van der Waals surface area contributed by atoms with E-state index in [1.807, 2.05) is 12.2 Å². The van der Waals surface area contributed by atoms with E-state index in [0.717, 1.165) is 0 Å². The number of primary amides is 1. The lowest BCUT2D eigenvalue weighted by Crippen LogP contribution is -2.47. The maximum Gasteiger partial charge on any atom is 0.313 e. The number of nitrogens with two attached hydrogens (primary N) is 1. The maximum absolute atomic E-state index is 15.1. The van der Waals surface area contributed by atoms with Crippen LogP contribution in [0.3, 0.4) is 0 Å². The summed E-state index contributed by atoms with van der Waals surface area (Å²) < 4.78 is 20.9. The highest BCUT2D eigenvalue weighted by molar-refractivity contribution is 5.73. The lowest BCUT2D eigenvalue weighted by molar-refractivity contribution is 0.239. The minimum Gasteiger partial charge on any atom is -0.435 e. The third-order valence-electron chi connectivity index (χ3n) is 4.99. The summed E-state index contributed by atoms with van der Waals surface area (Å²) in [5.41, 5.74) is 6.13. The molecule has 2 aromatic heterocycles. The molecular formula is C23H21FN6O2. The third kappa shape index (κ3) is 4.27. The molecule has 0 aliphatic heterocycles. The van der Waals surface area contributed by atoms with E-state index in [1.165, 1.54) is 12.1 Å². The molecule has 1 unspecified atom stereocenters. The normalized spacial score (nSPS) is 17.1. The van der Waals surface area contributed by atoms with Crippen molar-refractivity contribution >= 4 is 12.0 Å². The van der Waals surface area contributed by atoms with E-state index < -0.39 is 17.4 Å². The van der Waals surface area contributed by atoms with E-state index in [9.17, 15) is 4.79 Å². The van der Waals surface area contributed by atoms with Gasteiger partial charge >= 0.3 is 6.03 Å². The van der Waals surface area contributed by atoms with Gasteiger partial charge in [-0.05, 0) is 42.3 Å². The van der Waals surface area contributed by atoms with Gasteiger partial charge in [0.05, 0.1) is 16.8 Å². The monoisotopic (exact) mass is 432 g/mol. The number of amides is 2. The summed E-state index contributed by atoms with van der Waals surface area (Å²) in [4.78, 5) is 24.3. The highest BCUT2D eigenvalue weighted by Crippen LogP contribution is 2.35.